The van der Waals surface area contributed by atoms with Gasteiger partial charge in [-0.25, -0.2) is 22.0 Å². The summed E-state index contributed by atoms with van der Waals surface area (Å²) >= 11 is 0. The second-order valence-corrected chi connectivity index (χ2v) is 7.67. The van der Waals surface area contributed by atoms with E-state index in [0.29, 0.717) is 64.0 Å². The molecule has 2 fully saturated rings. The number of carbonyl (C=O) groups excluding carboxylic acids is 1. The normalized spacial score (nSPS) is 16.8. The highest BCUT2D eigenvalue weighted by Crippen LogP contribution is 2.33. The third-order valence-electron chi connectivity index (χ3n) is 5.62. The number of morpholine rings is 2. The molecule has 2 heterocycles. The first-order chi connectivity index (χ1) is 15.9. The number of hydrogen-bond donors (Lipinski definition) is 1. The van der Waals surface area contributed by atoms with E-state index in [2.05, 4.69) is 10.2 Å². The molecule has 1 amide bonds. The molecule has 0 saturated carbocycles. The van der Waals surface area contributed by atoms with Crippen LogP contribution >= 0.6 is 0 Å². The van der Waals surface area contributed by atoms with Crippen molar-refractivity contribution < 1.29 is 36.2 Å². The second-order valence-electron chi connectivity index (χ2n) is 7.67. The summed E-state index contributed by atoms with van der Waals surface area (Å²) in [5.74, 6) is -11.4. The molecule has 33 heavy (non-hydrogen) atoms. The molecule has 0 atom stereocenters. The number of anilines is 3. The number of nitrogens with zero attached hydrogens (tertiary/aromatic N) is 2. The SMILES string of the molecule is O=C(Cc1c(F)c(F)c(F)c(F)c1F)Nc1ccc(N2CCOCC2)cc1N1CCOCC1. The van der Waals surface area contributed by atoms with Crippen LogP contribution in [0.25, 0.3) is 0 Å². The lowest BCUT2D eigenvalue weighted by Gasteiger charge is -2.33. The van der Waals surface area contributed by atoms with E-state index in [-0.39, 0.29) is 0 Å². The highest BCUT2D eigenvalue weighted by atomic mass is 19.2. The van der Waals surface area contributed by atoms with E-state index in [4.69, 9.17) is 9.47 Å². The molecule has 2 aromatic rings. The molecule has 0 aromatic heterocycles. The Hall–Kier alpha value is -2.92. The minimum absolute atomic E-state index is 0.364. The summed E-state index contributed by atoms with van der Waals surface area (Å²) in [6, 6.07) is 5.35. The van der Waals surface area contributed by atoms with Gasteiger partial charge in [0, 0.05) is 37.4 Å². The number of nitrogens with one attached hydrogen (secondary N) is 1. The summed E-state index contributed by atoms with van der Waals surface area (Å²) in [6.07, 6.45) is -1.01. The van der Waals surface area contributed by atoms with Crippen molar-refractivity contribution in [3.8, 4) is 0 Å². The van der Waals surface area contributed by atoms with Crippen molar-refractivity contribution in [2.75, 3.05) is 67.7 Å². The lowest BCUT2D eigenvalue weighted by atomic mass is 10.1. The molecular formula is C22H22F5N3O3. The molecule has 0 aliphatic carbocycles. The minimum Gasteiger partial charge on any atom is -0.378 e. The van der Waals surface area contributed by atoms with Crippen LogP contribution < -0.4 is 15.1 Å². The van der Waals surface area contributed by atoms with Crippen molar-refractivity contribution in [1.29, 1.82) is 0 Å². The van der Waals surface area contributed by atoms with Gasteiger partial charge in [-0.05, 0) is 18.2 Å². The molecule has 0 radical (unpaired) electrons. The molecule has 4 rings (SSSR count). The smallest absolute Gasteiger partial charge is 0.229 e. The van der Waals surface area contributed by atoms with E-state index in [1.54, 1.807) is 12.1 Å². The summed E-state index contributed by atoms with van der Waals surface area (Å²) in [5, 5.41) is 2.56. The molecule has 0 unspecified atom stereocenters. The first-order valence-corrected chi connectivity index (χ1v) is 10.5. The van der Waals surface area contributed by atoms with Crippen LogP contribution in [0.5, 0.6) is 0 Å². The highest BCUT2D eigenvalue weighted by Gasteiger charge is 2.27. The molecule has 0 spiro atoms. The summed E-state index contributed by atoms with van der Waals surface area (Å²) in [5.41, 5.74) is 0.773. The van der Waals surface area contributed by atoms with Crippen molar-refractivity contribution in [3.05, 3.63) is 52.8 Å². The summed E-state index contributed by atoms with van der Waals surface area (Å²) in [7, 11) is 0. The van der Waals surface area contributed by atoms with Gasteiger partial charge in [-0.1, -0.05) is 0 Å². The van der Waals surface area contributed by atoms with Gasteiger partial charge in [-0.15, -0.1) is 0 Å². The Morgan fingerprint density at radius 1 is 0.788 bits per heavy atom. The molecule has 2 aliphatic rings. The highest BCUT2D eigenvalue weighted by molar-refractivity contribution is 5.96. The first kappa shape index (κ1) is 23.2. The Bertz CT molecular complexity index is 1010. The Labute approximate surface area is 186 Å². The fourth-order valence-corrected chi connectivity index (χ4v) is 3.87. The zero-order chi connectivity index (χ0) is 23.5. The zero-order valence-corrected chi connectivity index (χ0v) is 17.6. The molecule has 2 aliphatic heterocycles. The maximum Gasteiger partial charge on any atom is 0.229 e. The van der Waals surface area contributed by atoms with E-state index >= 15 is 0 Å². The van der Waals surface area contributed by atoms with Crippen LogP contribution in [0.4, 0.5) is 39.0 Å². The van der Waals surface area contributed by atoms with E-state index in [9.17, 15) is 26.7 Å². The Kier molecular flexibility index (Phi) is 6.99. The zero-order valence-electron chi connectivity index (χ0n) is 17.6. The summed E-state index contributed by atoms with van der Waals surface area (Å²) < 4.78 is 79.0. The second kappa shape index (κ2) is 9.92. The Balaban J connectivity index is 1.60. The topological polar surface area (TPSA) is 54.0 Å². The molecule has 178 valence electrons. The predicted molar refractivity (Wildman–Crippen MR) is 111 cm³/mol. The van der Waals surface area contributed by atoms with Crippen LogP contribution in [0.1, 0.15) is 5.56 Å². The van der Waals surface area contributed by atoms with Gasteiger partial charge in [0.1, 0.15) is 0 Å². The standard InChI is InChI=1S/C22H22F5N3O3/c23-18-14(19(24)21(26)22(27)20(18)25)12-17(31)28-15-2-1-13(29-3-7-32-8-4-29)11-16(15)30-5-9-33-10-6-30/h1-2,11H,3-10,12H2,(H,28,31). The number of amides is 1. The monoisotopic (exact) mass is 471 g/mol. The van der Waals surface area contributed by atoms with Gasteiger partial charge in [-0.2, -0.15) is 0 Å². The van der Waals surface area contributed by atoms with E-state index in [0.717, 1.165) is 5.69 Å². The van der Waals surface area contributed by atoms with Gasteiger partial charge in [0.05, 0.1) is 44.2 Å². The molecule has 1 N–H and O–H groups in total. The van der Waals surface area contributed by atoms with Gasteiger partial charge >= 0.3 is 0 Å². The van der Waals surface area contributed by atoms with Gasteiger partial charge in [0.25, 0.3) is 0 Å². The number of hydrogen-bond acceptors (Lipinski definition) is 5. The fraction of sp³-hybridized carbons (Fsp3) is 0.409. The lowest BCUT2D eigenvalue weighted by molar-refractivity contribution is -0.115. The van der Waals surface area contributed by atoms with Crippen LogP contribution in [0.3, 0.4) is 0 Å². The van der Waals surface area contributed by atoms with Gasteiger partial charge in [0.2, 0.25) is 11.7 Å². The van der Waals surface area contributed by atoms with E-state index in [1.807, 2.05) is 11.0 Å². The van der Waals surface area contributed by atoms with Crippen LogP contribution in [-0.4, -0.2) is 58.5 Å². The Morgan fingerprint density at radius 2 is 1.30 bits per heavy atom. The third kappa shape index (κ3) is 4.88. The van der Waals surface area contributed by atoms with Crippen molar-refractivity contribution in [2.45, 2.75) is 6.42 Å². The van der Waals surface area contributed by atoms with E-state index in [1.165, 1.54) is 0 Å². The minimum atomic E-state index is -2.26. The largest absolute Gasteiger partial charge is 0.378 e. The van der Waals surface area contributed by atoms with Gasteiger partial charge in [0.15, 0.2) is 23.3 Å². The van der Waals surface area contributed by atoms with Crippen LogP contribution in [-0.2, 0) is 20.7 Å². The van der Waals surface area contributed by atoms with Gasteiger partial charge in [-0.3, -0.25) is 4.79 Å². The first-order valence-electron chi connectivity index (χ1n) is 10.5. The number of benzene rings is 2. The van der Waals surface area contributed by atoms with Crippen LogP contribution in [0.15, 0.2) is 18.2 Å². The number of ether oxygens (including phenoxy) is 2. The van der Waals surface area contributed by atoms with E-state index < -0.39 is 47.0 Å². The number of rotatable bonds is 5. The van der Waals surface area contributed by atoms with Gasteiger partial charge < -0.3 is 24.6 Å². The lowest BCUT2D eigenvalue weighted by Crippen LogP contribution is -2.38. The summed E-state index contributed by atoms with van der Waals surface area (Å²) in [4.78, 5) is 16.7. The number of halogens is 5. The maximum atomic E-state index is 14.0. The number of carbonyl (C=O) groups is 1. The van der Waals surface area contributed by atoms with Crippen molar-refractivity contribution in [3.63, 3.8) is 0 Å². The average Bonchev–Trinajstić information content (AvgIpc) is 2.85. The maximum absolute atomic E-state index is 14.0. The third-order valence-corrected chi connectivity index (χ3v) is 5.62. The average molecular weight is 471 g/mol. The quantitative estimate of drug-likeness (QED) is 0.412. The molecule has 2 saturated heterocycles. The van der Waals surface area contributed by atoms with Crippen molar-refractivity contribution in [1.82, 2.24) is 0 Å². The molecule has 2 aromatic carbocycles. The molecular weight excluding hydrogens is 449 g/mol. The van der Waals surface area contributed by atoms with Crippen LogP contribution in [0, 0.1) is 29.1 Å². The van der Waals surface area contributed by atoms with Crippen molar-refractivity contribution in [2.24, 2.45) is 0 Å². The van der Waals surface area contributed by atoms with Crippen molar-refractivity contribution >= 4 is 23.0 Å². The summed E-state index contributed by atoms with van der Waals surface area (Å²) in [6.45, 7) is 4.68. The van der Waals surface area contributed by atoms with Crippen LogP contribution in [0.2, 0.25) is 0 Å². The predicted octanol–water partition coefficient (Wildman–Crippen LogP) is 3.24. The fourth-order valence-electron chi connectivity index (χ4n) is 3.87. The molecule has 0 bridgehead atoms. The Morgan fingerprint density at radius 3 is 1.88 bits per heavy atom. The molecule has 11 heteroatoms. The molecule has 6 nitrogen and oxygen atoms in total.